The van der Waals surface area contributed by atoms with Gasteiger partial charge in [0.05, 0.1) is 0 Å². The molecule has 5 nitrogen and oxygen atoms in total. The first-order valence-corrected chi connectivity index (χ1v) is 9.76. The van der Waals surface area contributed by atoms with E-state index < -0.39 is 0 Å². The first-order valence-electron chi connectivity index (χ1n) is 9.76. The van der Waals surface area contributed by atoms with Crippen molar-refractivity contribution < 1.29 is 14.7 Å². The van der Waals surface area contributed by atoms with Crippen LogP contribution in [0.2, 0.25) is 0 Å². The number of rotatable bonds is 5. The number of amides is 2. The smallest absolute Gasteiger partial charge is 0.222 e. The fourth-order valence-electron chi connectivity index (χ4n) is 4.52. The predicted octanol–water partition coefficient (Wildman–Crippen LogP) is 1.94. The molecule has 5 heteroatoms. The van der Waals surface area contributed by atoms with E-state index in [1.54, 1.807) is 6.92 Å². The molecule has 0 aliphatic carbocycles. The first-order chi connectivity index (χ1) is 12.6. The molecule has 1 aromatic carbocycles. The van der Waals surface area contributed by atoms with E-state index in [-0.39, 0.29) is 24.3 Å². The number of likely N-dealkylation sites (tertiary alicyclic amines) is 2. The number of aliphatic hydroxyl groups excluding tert-OH is 1. The van der Waals surface area contributed by atoms with Gasteiger partial charge in [0.1, 0.15) is 0 Å². The van der Waals surface area contributed by atoms with E-state index in [4.69, 9.17) is 0 Å². The Labute approximate surface area is 156 Å². The van der Waals surface area contributed by atoms with Crippen LogP contribution in [0.25, 0.3) is 0 Å². The molecule has 142 valence electrons. The molecule has 0 saturated carbocycles. The maximum Gasteiger partial charge on any atom is 0.222 e. The molecule has 1 aromatic rings. The van der Waals surface area contributed by atoms with Gasteiger partial charge in [-0.3, -0.25) is 9.59 Å². The van der Waals surface area contributed by atoms with Gasteiger partial charge in [0.15, 0.2) is 0 Å². The zero-order valence-electron chi connectivity index (χ0n) is 15.6. The Balaban J connectivity index is 1.53. The van der Waals surface area contributed by atoms with Crippen LogP contribution in [0.3, 0.4) is 0 Å². The summed E-state index contributed by atoms with van der Waals surface area (Å²) in [5.74, 6) is 1.36. The summed E-state index contributed by atoms with van der Waals surface area (Å²) < 4.78 is 0. The molecule has 2 aliphatic rings. The minimum Gasteiger partial charge on any atom is -0.396 e. The predicted molar refractivity (Wildman–Crippen MR) is 100 cm³/mol. The van der Waals surface area contributed by atoms with Crippen LogP contribution in [0.5, 0.6) is 0 Å². The number of nitrogens with zero attached hydrogens (tertiary/aromatic N) is 2. The number of hydrogen-bond donors (Lipinski definition) is 1. The van der Waals surface area contributed by atoms with Crippen molar-refractivity contribution in [3.8, 4) is 0 Å². The monoisotopic (exact) mass is 358 g/mol. The van der Waals surface area contributed by atoms with Gasteiger partial charge in [-0.05, 0) is 36.7 Å². The average molecular weight is 358 g/mol. The van der Waals surface area contributed by atoms with Crippen LogP contribution < -0.4 is 0 Å². The third kappa shape index (κ3) is 4.44. The standard InChI is InChI=1S/C21H30N2O3/c1-16(25)22-11-9-18(10-12-22)20-14-23(13-19(20)15-24)21(26)8-7-17-5-3-2-4-6-17/h2-6,18-20,24H,7-15H2,1H3/t19-,20-/m0/s1. The molecule has 0 radical (unpaired) electrons. The quantitative estimate of drug-likeness (QED) is 0.875. The van der Waals surface area contributed by atoms with Crippen molar-refractivity contribution in [3.05, 3.63) is 35.9 Å². The van der Waals surface area contributed by atoms with Gasteiger partial charge < -0.3 is 14.9 Å². The van der Waals surface area contributed by atoms with Crippen LogP contribution in [0, 0.1) is 17.8 Å². The van der Waals surface area contributed by atoms with Crippen molar-refractivity contribution in [2.45, 2.75) is 32.6 Å². The summed E-state index contributed by atoms with van der Waals surface area (Å²) in [7, 11) is 0. The molecular formula is C21H30N2O3. The van der Waals surface area contributed by atoms with Crippen molar-refractivity contribution in [1.29, 1.82) is 0 Å². The molecule has 2 amide bonds. The van der Waals surface area contributed by atoms with Crippen molar-refractivity contribution >= 4 is 11.8 Å². The molecule has 2 fully saturated rings. The summed E-state index contributed by atoms with van der Waals surface area (Å²) in [4.78, 5) is 28.0. The van der Waals surface area contributed by atoms with Crippen molar-refractivity contribution in [3.63, 3.8) is 0 Å². The van der Waals surface area contributed by atoms with Gasteiger partial charge in [0.2, 0.25) is 11.8 Å². The average Bonchev–Trinajstić information content (AvgIpc) is 3.11. The Hall–Kier alpha value is -1.88. The highest BCUT2D eigenvalue weighted by Crippen LogP contribution is 2.35. The highest BCUT2D eigenvalue weighted by molar-refractivity contribution is 5.76. The van der Waals surface area contributed by atoms with Gasteiger partial charge in [-0.2, -0.15) is 0 Å². The lowest BCUT2D eigenvalue weighted by atomic mass is 9.79. The highest BCUT2D eigenvalue weighted by Gasteiger charge is 2.40. The van der Waals surface area contributed by atoms with Gasteiger partial charge in [0.25, 0.3) is 0 Å². The molecule has 0 spiro atoms. The molecule has 0 bridgehead atoms. The Bertz CT molecular complexity index is 611. The fraction of sp³-hybridized carbons (Fsp3) is 0.619. The fourth-order valence-corrected chi connectivity index (χ4v) is 4.52. The topological polar surface area (TPSA) is 60.9 Å². The largest absolute Gasteiger partial charge is 0.396 e. The molecular weight excluding hydrogens is 328 g/mol. The normalized spacial score (nSPS) is 24.1. The van der Waals surface area contributed by atoms with Crippen LogP contribution in [0.15, 0.2) is 30.3 Å². The van der Waals surface area contributed by atoms with Crippen LogP contribution >= 0.6 is 0 Å². The Morgan fingerprint density at radius 2 is 1.77 bits per heavy atom. The van der Waals surface area contributed by atoms with Crippen molar-refractivity contribution in [1.82, 2.24) is 9.80 Å². The molecule has 0 unspecified atom stereocenters. The first kappa shape index (κ1) is 18.9. The SMILES string of the molecule is CC(=O)N1CCC([C@@H]2CN(C(=O)CCc3ccccc3)C[C@H]2CO)CC1. The highest BCUT2D eigenvalue weighted by atomic mass is 16.3. The molecule has 1 N–H and O–H groups in total. The third-order valence-corrected chi connectivity index (χ3v) is 6.14. The second-order valence-electron chi connectivity index (χ2n) is 7.73. The second kappa shape index (κ2) is 8.67. The number of benzene rings is 1. The van der Waals surface area contributed by atoms with Crippen molar-refractivity contribution in [2.24, 2.45) is 17.8 Å². The summed E-state index contributed by atoms with van der Waals surface area (Å²) >= 11 is 0. The number of carbonyl (C=O) groups is 2. The van der Waals surface area contributed by atoms with E-state index in [0.717, 1.165) is 38.9 Å². The van der Waals surface area contributed by atoms with Gasteiger partial charge in [-0.25, -0.2) is 0 Å². The van der Waals surface area contributed by atoms with E-state index in [1.807, 2.05) is 28.0 Å². The summed E-state index contributed by atoms with van der Waals surface area (Å²) in [6, 6.07) is 10.1. The molecule has 2 aliphatic heterocycles. The lowest BCUT2D eigenvalue weighted by Crippen LogP contribution is -2.40. The van der Waals surface area contributed by atoms with Crippen LogP contribution in [0.1, 0.15) is 31.7 Å². The van der Waals surface area contributed by atoms with Crippen LogP contribution in [0.4, 0.5) is 0 Å². The lowest BCUT2D eigenvalue weighted by Gasteiger charge is -2.35. The van der Waals surface area contributed by atoms with E-state index >= 15 is 0 Å². The molecule has 2 saturated heterocycles. The molecule has 26 heavy (non-hydrogen) atoms. The Morgan fingerprint density at radius 1 is 1.08 bits per heavy atom. The molecule has 0 aromatic heterocycles. The Kier molecular flexibility index (Phi) is 6.30. The number of carbonyl (C=O) groups excluding carboxylic acids is 2. The third-order valence-electron chi connectivity index (χ3n) is 6.14. The van der Waals surface area contributed by atoms with E-state index in [0.29, 0.717) is 24.8 Å². The Morgan fingerprint density at radius 3 is 2.38 bits per heavy atom. The van der Waals surface area contributed by atoms with E-state index in [9.17, 15) is 14.7 Å². The van der Waals surface area contributed by atoms with Gasteiger partial charge >= 0.3 is 0 Å². The molecule has 3 rings (SSSR count). The molecule has 2 atom stereocenters. The van der Waals surface area contributed by atoms with Gasteiger partial charge in [0, 0.05) is 52.0 Å². The zero-order valence-corrected chi connectivity index (χ0v) is 15.6. The summed E-state index contributed by atoms with van der Waals surface area (Å²) in [5, 5.41) is 9.81. The minimum absolute atomic E-state index is 0.139. The molecule has 2 heterocycles. The van der Waals surface area contributed by atoms with E-state index in [2.05, 4.69) is 12.1 Å². The summed E-state index contributed by atoms with van der Waals surface area (Å²) in [6.45, 7) is 4.79. The van der Waals surface area contributed by atoms with Crippen LogP contribution in [-0.2, 0) is 16.0 Å². The minimum atomic E-state index is 0.139. The number of aliphatic hydroxyl groups is 1. The number of piperidine rings is 1. The lowest BCUT2D eigenvalue weighted by molar-refractivity contribution is -0.130. The maximum absolute atomic E-state index is 12.6. The van der Waals surface area contributed by atoms with Gasteiger partial charge in [-0.15, -0.1) is 0 Å². The number of aryl methyl sites for hydroxylation is 1. The van der Waals surface area contributed by atoms with E-state index in [1.165, 1.54) is 5.56 Å². The second-order valence-corrected chi connectivity index (χ2v) is 7.73. The van der Waals surface area contributed by atoms with Crippen LogP contribution in [-0.4, -0.2) is 59.5 Å². The zero-order chi connectivity index (χ0) is 18.5. The van der Waals surface area contributed by atoms with Gasteiger partial charge in [-0.1, -0.05) is 30.3 Å². The number of hydrogen-bond acceptors (Lipinski definition) is 3. The van der Waals surface area contributed by atoms with Crippen molar-refractivity contribution in [2.75, 3.05) is 32.8 Å². The summed E-state index contributed by atoms with van der Waals surface area (Å²) in [5.41, 5.74) is 1.19. The summed E-state index contributed by atoms with van der Waals surface area (Å²) in [6.07, 6.45) is 3.25. The maximum atomic E-state index is 12.6.